The van der Waals surface area contributed by atoms with Crippen LogP contribution in [-0.4, -0.2) is 47.1 Å². The maximum Gasteiger partial charge on any atom is 0.269 e. The molecule has 2 aromatic heterocycles. The van der Waals surface area contributed by atoms with Crippen molar-refractivity contribution in [2.24, 2.45) is 5.73 Å². The van der Waals surface area contributed by atoms with Gasteiger partial charge in [0.05, 0.1) is 17.6 Å². The number of pyridine rings is 1. The third-order valence-corrected chi connectivity index (χ3v) is 4.57. The third kappa shape index (κ3) is 8.28. The fraction of sp³-hybridized carbons (Fsp3) is 0.292. The molecule has 3 aromatic rings. The second-order valence-electron chi connectivity index (χ2n) is 7.78. The number of carbonyl (C=O) groups excluding carboxylic acids is 2. The topological polar surface area (TPSA) is 137 Å². The van der Waals surface area contributed by atoms with E-state index in [9.17, 15) is 13.6 Å². The molecule has 0 spiro atoms. The number of nitrogen functional groups attached to an aromatic ring is 1. The van der Waals surface area contributed by atoms with Crippen LogP contribution in [0.5, 0.6) is 0 Å². The molecule has 1 aromatic carbocycles. The normalized spacial score (nSPS) is 10.3. The smallest absolute Gasteiger partial charge is 0.269 e. The van der Waals surface area contributed by atoms with Crippen molar-refractivity contribution < 1.29 is 18.4 Å². The Morgan fingerprint density at radius 1 is 1.18 bits per heavy atom. The summed E-state index contributed by atoms with van der Waals surface area (Å²) in [6, 6.07) is 8.18. The van der Waals surface area contributed by atoms with Crippen LogP contribution < -0.4 is 16.8 Å². The first-order chi connectivity index (χ1) is 16.1. The maximum atomic E-state index is 13.6. The molecule has 0 saturated carbocycles. The molecule has 182 valence electrons. The first-order valence-corrected chi connectivity index (χ1v) is 10.3. The Morgan fingerprint density at radius 3 is 2.41 bits per heavy atom. The lowest BCUT2D eigenvalue weighted by Crippen LogP contribution is -2.19. The minimum Gasteiger partial charge on any atom is -0.396 e. The summed E-state index contributed by atoms with van der Waals surface area (Å²) in [6.07, 6.45) is 3.60. The Labute approximate surface area is 197 Å². The van der Waals surface area contributed by atoms with E-state index in [-0.39, 0.29) is 11.6 Å². The van der Waals surface area contributed by atoms with E-state index in [4.69, 9.17) is 16.3 Å². The zero-order valence-electron chi connectivity index (χ0n) is 19.7. The van der Waals surface area contributed by atoms with Crippen LogP contribution in [0.15, 0.2) is 42.7 Å². The van der Waals surface area contributed by atoms with Gasteiger partial charge in [0.2, 0.25) is 0 Å². The minimum absolute atomic E-state index is 0.0543. The van der Waals surface area contributed by atoms with Gasteiger partial charge in [0, 0.05) is 24.4 Å². The van der Waals surface area contributed by atoms with Gasteiger partial charge in [-0.15, -0.1) is 0 Å². The zero-order valence-corrected chi connectivity index (χ0v) is 19.7. The number of aromatic nitrogens is 3. The maximum absolute atomic E-state index is 13.6. The van der Waals surface area contributed by atoms with Gasteiger partial charge < -0.3 is 21.6 Å². The van der Waals surface area contributed by atoms with Crippen LogP contribution in [0.4, 0.5) is 14.5 Å². The largest absolute Gasteiger partial charge is 0.396 e. The lowest BCUT2D eigenvalue weighted by Gasteiger charge is -2.10. The molecule has 2 heterocycles. The standard InChI is InChI=1S/C18H16FN5O.C5H12FN.CH2O/c1-10-5-14(19)15(20)8-13(10)16-7-12(9-23-24-16)11-3-4-22-17(6-11)18(25)21-2;1-5(2,6)3-4-7;1-2/h3-9H,20H2,1-2H3,(H,21,25);3-4,7H2,1-2H3;1H2. The van der Waals surface area contributed by atoms with Crippen LogP contribution in [0.25, 0.3) is 22.4 Å². The van der Waals surface area contributed by atoms with Gasteiger partial charge in [-0.3, -0.25) is 9.78 Å². The van der Waals surface area contributed by atoms with E-state index < -0.39 is 11.5 Å². The van der Waals surface area contributed by atoms with E-state index >= 15 is 0 Å². The molecule has 0 radical (unpaired) electrons. The van der Waals surface area contributed by atoms with E-state index in [0.717, 1.165) is 11.1 Å². The number of benzene rings is 1. The number of rotatable bonds is 5. The van der Waals surface area contributed by atoms with Crippen LogP contribution in [0.3, 0.4) is 0 Å². The molecule has 0 fully saturated rings. The molecule has 0 saturated heterocycles. The van der Waals surface area contributed by atoms with Crippen LogP contribution >= 0.6 is 0 Å². The number of aryl methyl sites for hydroxylation is 1. The number of nitrogens with two attached hydrogens (primary N) is 2. The number of amides is 1. The van der Waals surface area contributed by atoms with Gasteiger partial charge in [-0.05, 0) is 75.2 Å². The average molecular weight is 473 g/mol. The second kappa shape index (κ2) is 13.0. The monoisotopic (exact) mass is 472 g/mol. The van der Waals surface area contributed by atoms with Gasteiger partial charge in [0.15, 0.2) is 0 Å². The van der Waals surface area contributed by atoms with E-state index in [1.54, 1.807) is 44.6 Å². The fourth-order valence-corrected chi connectivity index (χ4v) is 2.83. The number of halogens is 2. The predicted molar refractivity (Wildman–Crippen MR) is 129 cm³/mol. The highest BCUT2D eigenvalue weighted by Crippen LogP contribution is 2.28. The Morgan fingerprint density at radius 2 is 1.85 bits per heavy atom. The fourth-order valence-electron chi connectivity index (χ4n) is 2.83. The van der Waals surface area contributed by atoms with Crippen molar-refractivity contribution in [3.8, 4) is 22.4 Å². The Hall–Kier alpha value is -3.79. The summed E-state index contributed by atoms with van der Waals surface area (Å²) < 4.78 is 25.9. The number of hydrogen-bond acceptors (Lipinski definition) is 7. The van der Waals surface area contributed by atoms with Crippen molar-refractivity contribution in [1.29, 1.82) is 0 Å². The average Bonchev–Trinajstić information content (AvgIpc) is 2.82. The summed E-state index contributed by atoms with van der Waals surface area (Å²) in [5, 5.41) is 10.7. The van der Waals surface area contributed by atoms with E-state index in [1.807, 2.05) is 12.9 Å². The van der Waals surface area contributed by atoms with Crippen molar-refractivity contribution in [2.45, 2.75) is 32.9 Å². The summed E-state index contributed by atoms with van der Waals surface area (Å²) in [4.78, 5) is 23.8. The Kier molecular flexibility index (Phi) is 10.8. The summed E-state index contributed by atoms with van der Waals surface area (Å²) >= 11 is 0. The molecule has 0 atom stereocenters. The van der Waals surface area contributed by atoms with Gasteiger partial charge in [0.25, 0.3) is 5.91 Å². The second-order valence-corrected chi connectivity index (χ2v) is 7.78. The molecule has 0 unspecified atom stereocenters. The number of carbonyl (C=O) groups is 2. The lowest BCUT2D eigenvalue weighted by molar-refractivity contribution is -0.0980. The summed E-state index contributed by atoms with van der Waals surface area (Å²) in [5.41, 5.74) is 13.5. The molecule has 3 rings (SSSR count). The highest BCUT2D eigenvalue weighted by molar-refractivity contribution is 5.93. The van der Waals surface area contributed by atoms with Crippen LogP contribution in [-0.2, 0) is 4.79 Å². The zero-order chi connectivity index (χ0) is 25.9. The molecule has 0 bridgehead atoms. The Balaban J connectivity index is 0.000000553. The van der Waals surface area contributed by atoms with E-state index in [2.05, 4.69) is 20.5 Å². The summed E-state index contributed by atoms with van der Waals surface area (Å²) in [7, 11) is 1.55. The molecule has 0 aliphatic carbocycles. The SMILES string of the molecule is C=O.CC(C)(F)CCN.CNC(=O)c1cc(-c2cnnc(-c3cc(N)c(F)cc3C)c2)ccn1. The van der Waals surface area contributed by atoms with Crippen LogP contribution in [0.2, 0.25) is 0 Å². The molecular weight excluding hydrogens is 442 g/mol. The predicted octanol–water partition coefficient (Wildman–Crippen LogP) is 3.49. The van der Waals surface area contributed by atoms with Crippen LogP contribution in [0, 0.1) is 12.7 Å². The van der Waals surface area contributed by atoms with Gasteiger partial charge in [-0.2, -0.15) is 10.2 Å². The van der Waals surface area contributed by atoms with Gasteiger partial charge >= 0.3 is 0 Å². The van der Waals surface area contributed by atoms with Crippen molar-refractivity contribution in [3.05, 3.63) is 59.8 Å². The molecule has 34 heavy (non-hydrogen) atoms. The van der Waals surface area contributed by atoms with Crippen molar-refractivity contribution >= 4 is 18.4 Å². The molecule has 0 aliphatic rings. The van der Waals surface area contributed by atoms with Crippen molar-refractivity contribution in [2.75, 3.05) is 19.3 Å². The van der Waals surface area contributed by atoms with Gasteiger partial charge in [-0.25, -0.2) is 8.78 Å². The number of nitrogens with zero attached hydrogens (tertiary/aromatic N) is 3. The van der Waals surface area contributed by atoms with Crippen LogP contribution in [0.1, 0.15) is 36.3 Å². The highest BCUT2D eigenvalue weighted by atomic mass is 19.1. The van der Waals surface area contributed by atoms with Gasteiger partial charge in [-0.1, -0.05) is 0 Å². The van der Waals surface area contributed by atoms with Gasteiger partial charge in [0.1, 0.15) is 24.0 Å². The molecule has 1 amide bonds. The molecule has 8 nitrogen and oxygen atoms in total. The first kappa shape index (κ1) is 28.2. The molecular formula is C24H30F2N6O2. The molecule has 10 heteroatoms. The first-order valence-electron chi connectivity index (χ1n) is 10.3. The van der Waals surface area contributed by atoms with E-state index in [0.29, 0.717) is 35.5 Å². The summed E-state index contributed by atoms with van der Waals surface area (Å²) in [6.45, 7) is 7.27. The highest BCUT2D eigenvalue weighted by Gasteiger charge is 2.13. The number of hydrogen-bond donors (Lipinski definition) is 3. The summed E-state index contributed by atoms with van der Waals surface area (Å²) in [5.74, 6) is -0.735. The quantitative estimate of drug-likeness (QED) is 0.483. The Bertz CT molecular complexity index is 1100. The van der Waals surface area contributed by atoms with Crippen molar-refractivity contribution in [3.63, 3.8) is 0 Å². The minimum atomic E-state index is -1.07. The van der Waals surface area contributed by atoms with Crippen molar-refractivity contribution in [1.82, 2.24) is 20.5 Å². The molecule has 5 N–H and O–H groups in total. The lowest BCUT2D eigenvalue weighted by atomic mass is 10.0. The number of nitrogens with one attached hydrogen (secondary N) is 1. The third-order valence-electron chi connectivity index (χ3n) is 4.57. The number of anilines is 1. The molecule has 0 aliphatic heterocycles. The number of alkyl halides is 1. The van der Waals surface area contributed by atoms with E-state index in [1.165, 1.54) is 19.9 Å².